The van der Waals surface area contributed by atoms with Gasteiger partial charge in [-0.25, -0.2) is 13.1 Å². The van der Waals surface area contributed by atoms with Gasteiger partial charge >= 0.3 is 0 Å². The van der Waals surface area contributed by atoms with Gasteiger partial charge in [-0.15, -0.1) is 0 Å². The van der Waals surface area contributed by atoms with Crippen molar-refractivity contribution in [2.75, 3.05) is 6.54 Å². The Hall–Kier alpha value is -1.64. The number of sulfonamides is 1. The normalized spacial score (nSPS) is 15.1. The van der Waals surface area contributed by atoms with E-state index < -0.39 is 15.6 Å². The summed E-state index contributed by atoms with van der Waals surface area (Å²) in [4.78, 5) is 0.0564. The van der Waals surface area contributed by atoms with Gasteiger partial charge in [0.15, 0.2) is 0 Å². The predicted octanol–water partition coefficient (Wildman–Crippen LogP) is 0.816. The van der Waals surface area contributed by atoms with Crippen molar-refractivity contribution in [3.63, 3.8) is 0 Å². The van der Waals surface area contributed by atoms with Crippen LogP contribution in [0.5, 0.6) is 0 Å². The van der Waals surface area contributed by atoms with Crippen molar-refractivity contribution in [2.45, 2.75) is 31.3 Å². The minimum atomic E-state index is -3.71. The first kappa shape index (κ1) is 15.7. The molecule has 0 aliphatic heterocycles. The van der Waals surface area contributed by atoms with E-state index >= 15 is 0 Å². The van der Waals surface area contributed by atoms with Crippen LogP contribution in [0.15, 0.2) is 27.8 Å². The standard InChI is InChI=1S/C13H19N3O4S/c1-9-5-12(10(2)20-9)13(3,17)8-15-21(18,19)11-6-14-16(4)7-11/h5-7,15,17H,8H2,1-4H3. The third kappa shape index (κ3) is 3.34. The van der Waals surface area contributed by atoms with Crippen LogP contribution < -0.4 is 4.72 Å². The molecule has 0 aliphatic carbocycles. The van der Waals surface area contributed by atoms with Crippen molar-refractivity contribution in [1.82, 2.24) is 14.5 Å². The molecule has 116 valence electrons. The van der Waals surface area contributed by atoms with Crippen molar-refractivity contribution in [1.29, 1.82) is 0 Å². The van der Waals surface area contributed by atoms with Crippen LogP contribution in [0.2, 0.25) is 0 Å². The van der Waals surface area contributed by atoms with Crippen LogP contribution in [0.3, 0.4) is 0 Å². The maximum absolute atomic E-state index is 12.1. The summed E-state index contributed by atoms with van der Waals surface area (Å²) in [6.07, 6.45) is 2.65. The lowest BCUT2D eigenvalue weighted by atomic mass is 9.97. The quantitative estimate of drug-likeness (QED) is 0.851. The molecular formula is C13H19N3O4S. The molecule has 0 aliphatic rings. The Morgan fingerprint density at radius 1 is 1.48 bits per heavy atom. The lowest BCUT2D eigenvalue weighted by molar-refractivity contribution is 0.0612. The molecule has 2 heterocycles. The highest BCUT2D eigenvalue weighted by atomic mass is 32.2. The molecule has 7 nitrogen and oxygen atoms in total. The van der Waals surface area contributed by atoms with Gasteiger partial charge in [-0.2, -0.15) is 5.10 Å². The lowest BCUT2D eigenvalue weighted by Gasteiger charge is -2.23. The molecule has 1 unspecified atom stereocenters. The molecule has 0 radical (unpaired) electrons. The van der Waals surface area contributed by atoms with Crippen LogP contribution in [0.25, 0.3) is 0 Å². The van der Waals surface area contributed by atoms with E-state index in [9.17, 15) is 13.5 Å². The molecule has 0 amide bonds. The van der Waals surface area contributed by atoms with E-state index in [-0.39, 0.29) is 11.4 Å². The fourth-order valence-electron chi connectivity index (χ4n) is 2.12. The van der Waals surface area contributed by atoms with Crippen molar-refractivity contribution >= 4 is 10.0 Å². The van der Waals surface area contributed by atoms with Crippen LogP contribution >= 0.6 is 0 Å². The van der Waals surface area contributed by atoms with E-state index in [0.29, 0.717) is 17.1 Å². The van der Waals surface area contributed by atoms with Gasteiger partial charge in [-0.3, -0.25) is 4.68 Å². The zero-order chi connectivity index (χ0) is 15.8. The monoisotopic (exact) mass is 313 g/mol. The van der Waals surface area contributed by atoms with Gasteiger partial charge < -0.3 is 9.52 Å². The first-order chi connectivity index (χ1) is 9.62. The number of nitrogens with one attached hydrogen (secondary N) is 1. The predicted molar refractivity (Wildman–Crippen MR) is 76.1 cm³/mol. The second-order valence-corrected chi connectivity index (χ2v) is 7.04. The van der Waals surface area contributed by atoms with Crippen LogP contribution in [0.4, 0.5) is 0 Å². The summed E-state index contributed by atoms with van der Waals surface area (Å²) in [7, 11) is -2.08. The highest BCUT2D eigenvalue weighted by molar-refractivity contribution is 7.89. The molecule has 0 saturated carbocycles. The first-order valence-electron chi connectivity index (χ1n) is 6.40. The van der Waals surface area contributed by atoms with Crippen LogP contribution in [-0.2, 0) is 22.7 Å². The number of nitrogens with zero attached hydrogens (tertiary/aromatic N) is 2. The van der Waals surface area contributed by atoms with Gasteiger partial charge in [0, 0.05) is 25.4 Å². The lowest BCUT2D eigenvalue weighted by Crippen LogP contribution is -2.38. The Balaban J connectivity index is 2.16. The average molecular weight is 313 g/mol. The van der Waals surface area contributed by atoms with E-state index in [0.717, 1.165) is 0 Å². The number of hydrogen-bond donors (Lipinski definition) is 2. The molecule has 1 atom stereocenters. The summed E-state index contributed by atoms with van der Waals surface area (Å²) >= 11 is 0. The van der Waals surface area contributed by atoms with Gasteiger partial charge in [0.2, 0.25) is 10.0 Å². The van der Waals surface area contributed by atoms with Crippen molar-refractivity contribution < 1.29 is 17.9 Å². The van der Waals surface area contributed by atoms with Crippen LogP contribution in [0.1, 0.15) is 24.0 Å². The maximum atomic E-state index is 12.1. The Kier molecular flexibility index (Phi) is 3.96. The van der Waals surface area contributed by atoms with Gasteiger partial charge in [0.25, 0.3) is 0 Å². The summed E-state index contributed by atoms with van der Waals surface area (Å²) in [5, 5.41) is 14.3. The second-order valence-electron chi connectivity index (χ2n) is 5.28. The first-order valence-corrected chi connectivity index (χ1v) is 7.88. The van der Waals surface area contributed by atoms with E-state index in [2.05, 4.69) is 9.82 Å². The van der Waals surface area contributed by atoms with Gasteiger partial charge in [-0.1, -0.05) is 0 Å². The smallest absolute Gasteiger partial charge is 0.243 e. The van der Waals surface area contributed by atoms with E-state index in [4.69, 9.17) is 4.42 Å². The summed E-state index contributed by atoms with van der Waals surface area (Å²) in [5.41, 5.74) is -0.800. The largest absolute Gasteiger partial charge is 0.466 e. The van der Waals surface area contributed by atoms with Crippen LogP contribution in [0, 0.1) is 13.8 Å². The molecule has 0 spiro atoms. The minimum Gasteiger partial charge on any atom is -0.466 e. The molecule has 2 aromatic rings. The summed E-state index contributed by atoms with van der Waals surface area (Å²) in [6, 6.07) is 1.70. The van der Waals surface area contributed by atoms with Crippen LogP contribution in [-0.4, -0.2) is 29.8 Å². The van der Waals surface area contributed by atoms with E-state index in [1.807, 2.05) is 0 Å². The van der Waals surface area contributed by atoms with Gasteiger partial charge in [-0.05, 0) is 26.8 Å². The number of hydrogen-bond acceptors (Lipinski definition) is 5. The number of aromatic nitrogens is 2. The number of rotatable bonds is 5. The molecule has 2 N–H and O–H groups in total. The summed E-state index contributed by atoms with van der Waals surface area (Å²) in [5.74, 6) is 1.23. The molecule has 21 heavy (non-hydrogen) atoms. The maximum Gasteiger partial charge on any atom is 0.243 e. The fourth-order valence-corrected chi connectivity index (χ4v) is 3.23. The Morgan fingerprint density at radius 2 is 2.14 bits per heavy atom. The zero-order valence-corrected chi connectivity index (χ0v) is 13.2. The van der Waals surface area contributed by atoms with Gasteiger partial charge in [0.05, 0.1) is 6.20 Å². The zero-order valence-electron chi connectivity index (χ0n) is 12.4. The SMILES string of the molecule is Cc1cc(C(C)(O)CNS(=O)(=O)c2cnn(C)c2)c(C)o1. The van der Waals surface area contributed by atoms with Crippen molar-refractivity contribution in [3.8, 4) is 0 Å². The third-order valence-electron chi connectivity index (χ3n) is 3.22. The Labute approximate surface area is 123 Å². The van der Waals surface area contributed by atoms with E-state index in [1.165, 1.54) is 24.0 Å². The topological polar surface area (TPSA) is 97.4 Å². The van der Waals surface area contributed by atoms with Gasteiger partial charge in [0.1, 0.15) is 22.0 Å². The number of aryl methyl sites for hydroxylation is 3. The van der Waals surface area contributed by atoms with E-state index in [1.54, 1.807) is 27.0 Å². The minimum absolute atomic E-state index is 0.0564. The Bertz CT molecular complexity index is 743. The van der Waals surface area contributed by atoms with Crippen molar-refractivity contribution in [2.24, 2.45) is 7.05 Å². The molecule has 0 aromatic carbocycles. The fraction of sp³-hybridized carbons (Fsp3) is 0.462. The molecular weight excluding hydrogens is 294 g/mol. The number of aliphatic hydroxyl groups is 1. The molecule has 0 bridgehead atoms. The van der Waals surface area contributed by atoms with Crippen molar-refractivity contribution in [3.05, 3.63) is 35.5 Å². The highest BCUT2D eigenvalue weighted by Crippen LogP contribution is 2.26. The molecule has 2 aromatic heterocycles. The third-order valence-corrected chi connectivity index (χ3v) is 4.57. The summed E-state index contributed by atoms with van der Waals surface area (Å²) < 4.78 is 33.4. The number of furan rings is 1. The average Bonchev–Trinajstić information content (AvgIpc) is 2.94. The second kappa shape index (κ2) is 5.28. The summed E-state index contributed by atoms with van der Waals surface area (Å²) in [6.45, 7) is 4.87. The molecule has 2 rings (SSSR count). The highest BCUT2D eigenvalue weighted by Gasteiger charge is 2.30. The molecule has 0 saturated heterocycles. The molecule has 8 heteroatoms. The Morgan fingerprint density at radius 3 is 2.62 bits per heavy atom. The molecule has 0 fully saturated rings.